The Hall–Kier alpha value is -3.02. The van der Waals surface area contributed by atoms with Gasteiger partial charge in [-0.25, -0.2) is 9.79 Å². The van der Waals surface area contributed by atoms with Gasteiger partial charge >= 0.3 is 6.03 Å². The topological polar surface area (TPSA) is 60.0 Å². The van der Waals surface area contributed by atoms with Gasteiger partial charge in [0.1, 0.15) is 0 Å². The van der Waals surface area contributed by atoms with Gasteiger partial charge in [-0.3, -0.25) is 0 Å². The fourth-order valence-electron chi connectivity index (χ4n) is 3.17. The lowest BCUT2D eigenvalue weighted by atomic mass is 10.2. The maximum Gasteiger partial charge on any atom is 0.321 e. The van der Waals surface area contributed by atoms with Crippen LogP contribution < -0.4 is 10.6 Å². The molecule has 6 nitrogen and oxygen atoms in total. The molecule has 0 aliphatic carbocycles. The molecular formula is C22H29N5O. The number of hydrogen-bond acceptors (Lipinski definition) is 2. The molecule has 6 heteroatoms. The van der Waals surface area contributed by atoms with Gasteiger partial charge < -0.3 is 20.4 Å². The van der Waals surface area contributed by atoms with E-state index in [2.05, 4.69) is 22.8 Å². The highest BCUT2D eigenvalue weighted by molar-refractivity contribution is 5.89. The minimum absolute atomic E-state index is 0.0170. The second kappa shape index (κ2) is 9.78. The van der Waals surface area contributed by atoms with E-state index in [1.807, 2.05) is 66.4 Å². The zero-order chi connectivity index (χ0) is 19.8. The molecule has 2 amide bonds. The maximum absolute atomic E-state index is 12.3. The summed E-state index contributed by atoms with van der Waals surface area (Å²) in [5.74, 6) is 0.829. The Balaban J connectivity index is 1.59. The van der Waals surface area contributed by atoms with Crippen LogP contribution in [0.3, 0.4) is 0 Å². The van der Waals surface area contributed by atoms with Crippen LogP contribution in [0.2, 0.25) is 0 Å². The van der Waals surface area contributed by atoms with Crippen molar-refractivity contribution >= 4 is 17.7 Å². The molecule has 2 N–H and O–H groups in total. The van der Waals surface area contributed by atoms with Crippen LogP contribution in [0.15, 0.2) is 59.6 Å². The number of rotatable bonds is 5. The fraction of sp³-hybridized carbons (Fsp3) is 0.364. The van der Waals surface area contributed by atoms with Crippen molar-refractivity contribution < 1.29 is 4.79 Å². The van der Waals surface area contributed by atoms with E-state index in [-0.39, 0.29) is 6.03 Å². The van der Waals surface area contributed by atoms with Gasteiger partial charge in [0.15, 0.2) is 5.96 Å². The lowest BCUT2D eigenvalue weighted by Gasteiger charge is -2.18. The molecule has 1 fully saturated rings. The summed E-state index contributed by atoms with van der Waals surface area (Å²) < 4.78 is 0. The van der Waals surface area contributed by atoms with Crippen LogP contribution >= 0.6 is 0 Å². The van der Waals surface area contributed by atoms with E-state index in [9.17, 15) is 4.79 Å². The van der Waals surface area contributed by atoms with Crippen LogP contribution in [-0.4, -0.2) is 49.0 Å². The number of carbonyl (C=O) groups is 1. The number of amides is 2. The maximum atomic E-state index is 12.3. The molecule has 0 spiro atoms. The first-order chi connectivity index (χ1) is 13.6. The molecule has 0 bridgehead atoms. The van der Waals surface area contributed by atoms with Gasteiger partial charge in [0, 0.05) is 39.4 Å². The lowest BCUT2D eigenvalue weighted by Crippen LogP contribution is -2.36. The summed E-state index contributed by atoms with van der Waals surface area (Å²) in [7, 11) is 3.95. The van der Waals surface area contributed by atoms with Crippen molar-refractivity contribution in [3.63, 3.8) is 0 Å². The van der Waals surface area contributed by atoms with E-state index < -0.39 is 0 Å². The summed E-state index contributed by atoms with van der Waals surface area (Å²) in [6.07, 6.45) is 2.18. The molecule has 0 aromatic heterocycles. The van der Waals surface area contributed by atoms with E-state index in [1.165, 1.54) is 5.56 Å². The standard InChI is InChI=1S/C22H29N5O/c1-26(2)21(23-16-18-9-4-3-5-10-18)24-17-19-11-8-12-20(15-19)25-22(28)27-13-6-7-14-27/h3-5,8-12,15H,6-7,13-14,16-17H2,1-2H3,(H,23,24)(H,25,28). The molecule has 0 radical (unpaired) electrons. The molecule has 2 aromatic carbocycles. The van der Waals surface area contributed by atoms with Crippen molar-refractivity contribution in [1.82, 2.24) is 15.1 Å². The van der Waals surface area contributed by atoms with Crippen LogP contribution in [0.1, 0.15) is 24.0 Å². The molecular weight excluding hydrogens is 350 g/mol. The van der Waals surface area contributed by atoms with Crippen molar-refractivity contribution in [2.24, 2.45) is 4.99 Å². The third-order valence-electron chi connectivity index (χ3n) is 4.70. The molecule has 1 heterocycles. The zero-order valence-corrected chi connectivity index (χ0v) is 16.7. The number of aliphatic imine (C=N–C) groups is 1. The van der Waals surface area contributed by atoms with Crippen molar-refractivity contribution in [3.05, 3.63) is 65.7 Å². The summed E-state index contributed by atoms with van der Waals surface area (Å²) in [4.78, 5) is 20.8. The molecule has 0 unspecified atom stereocenters. The van der Waals surface area contributed by atoms with E-state index >= 15 is 0 Å². The van der Waals surface area contributed by atoms with Gasteiger partial charge in [-0.15, -0.1) is 0 Å². The monoisotopic (exact) mass is 379 g/mol. The SMILES string of the molecule is CN(C)C(=NCc1cccc(NC(=O)N2CCCC2)c1)NCc1ccccc1. The third-order valence-corrected chi connectivity index (χ3v) is 4.70. The van der Waals surface area contributed by atoms with Gasteiger partial charge in [-0.1, -0.05) is 42.5 Å². The second-order valence-corrected chi connectivity index (χ2v) is 7.20. The number of anilines is 1. The van der Waals surface area contributed by atoms with E-state index in [0.717, 1.165) is 49.7 Å². The molecule has 1 saturated heterocycles. The quantitative estimate of drug-likeness (QED) is 0.617. The Morgan fingerprint density at radius 2 is 1.75 bits per heavy atom. The van der Waals surface area contributed by atoms with E-state index in [1.54, 1.807) is 0 Å². The first-order valence-corrected chi connectivity index (χ1v) is 9.76. The average molecular weight is 380 g/mol. The van der Waals surface area contributed by atoms with Gasteiger partial charge in [-0.2, -0.15) is 0 Å². The number of guanidine groups is 1. The molecule has 148 valence electrons. The highest BCUT2D eigenvalue weighted by Crippen LogP contribution is 2.15. The van der Waals surface area contributed by atoms with Crippen molar-refractivity contribution in [2.45, 2.75) is 25.9 Å². The minimum Gasteiger partial charge on any atom is -0.352 e. The third kappa shape index (κ3) is 5.74. The Kier molecular flexibility index (Phi) is 6.89. The molecule has 28 heavy (non-hydrogen) atoms. The zero-order valence-electron chi connectivity index (χ0n) is 16.7. The van der Waals surface area contributed by atoms with E-state index in [4.69, 9.17) is 4.99 Å². The highest BCUT2D eigenvalue weighted by Gasteiger charge is 2.17. The van der Waals surface area contributed by atoms with Crippen LogP contribution in [0, 0.1) is 0 Å². The predicted molar refractivity (Wildman–Crippen MR) is 114 cm³/mol. The smallest absolute Gasteiger partial charge is 0.321 e. The molecule has 1 aliphatic rings. The fourth-order valence-corrected chi connectivity index (χ4v) is 3.17. The van der Waals surface area contributed by atoms with Crippen molar-refractivity contribution in [3.8, 4) is 0 Å². The molecule has 2 aromatic rings. The van der Waals surface area contributed by atoms with Crippen molar-refractivity contribution in [1.29, 1.82) is 0 Å². The summed E-state index contributed by atoms with van der Waals surface area (Å²) >= 11 is 0. The Morgan fingerprint density at radius 1 is 1.04 bits per heavy atom. The number of nitrogens with one attached hydrogen (secondary N) is 2. The first kappa shape index (κ1) is 19.7. The number of hydrogen-bond donors (Lipinski definition) is 2. The first-order valence-electron chi connectivity index (χ1n) is 9.76. The Bertz CT molecular complexity index is 798. The molecule has 0 atom stereocenters. The number of likely N-dealkylation sites (tertiary alicyclic amines) is 1. The molecule has 1 aliphatic heterocycles. The van der Waals surface area contributed by atoms with Gasteiger partial charge in [-0.05, 0) is 36.1 Å². The number of urea groups is 1. The van der Waals surface area contributed by atoms with Gasteiger partial charge in [0.05, 0.1) is 6.54 Å². The minimum atomic E-state index is -0.0170. The second-order valence-electron chi connectivity index (χ2n) is 7.20. The van der Waals surface area contributed by atoms with Crippen LogP contribution in [0.4, 0.5) is 10.5 Å². The van der Waals surface area contributed by atoms with Gasteiger partial charge in [0.25, 0.3) is 0 Å². The lowest BCUT2D eigenvalue weighted by molar-refractivity contribution is 0.222. The summed E-state index contributed by atoms with van der Waals surface area (Å²) in [5, 5.41) is 6.38. The number of carbonyl (C=O) groups excluding carboxylic acids is 1. The number of nitrogens with zero attached hydrogens (tertiary/aromatic N) is 3. The summed E-state index contributed by atoms with van der Waals surface area (Å²) in [5.41, 5.74) is 3.08. The normalized spacial score (nSPS) is 14.1. The van der Waals surface area contributed by atoms with Gasteiger partial charge in [0.2, 0.25) is 0 Å². The number of benzene rings is 2. The highest BCUT2D eigenvalue weighted by atomic mass is 16.2. The Labute approximate surface area is 167 Å². The average Bonchev–Trinajstić information content (AvgIpc) is 3.24. The van der Waals surface area contributed by atoms with Crippen LogP contribution in [0.25, 0.3) is 0 Å². The van der Waals surface area contributed by atoms with E-state index in [0.29, 0.717) is 6.54 Å². The largest absolute Gasteiger partial charge is 0.352 e. The Morgan fingerprint density at radius 3 is 2.46 bits per heavy atom. The molecule has 3 rings (SSSR count). The van der Waals surface area contributed by atoms with Crippen LogP contribution in [0.5, 0.6) is 0 Å². The summed E-state index contributed by atoms with van der Waals surface area (Å²) in [6.45, 7) is 2.96. The van der Waals surface area contributed by atoms with Crippen molar-refractivity contribution in [2.75, 3.05) is 32.5 Å². The summed E-state index contributed by atoms with van der Waals surface area (Å²) in [6, 6.07) is 18.1. The molecule has 0 saturated carbocycles. The predicted octanol–water partition coefficient (Wildman–Crippen LogP) is 3.52. The van der Waals surface area contributed by atoms with Crippen LogP contribution in [-0.2, 0) is 13.1 Å².